The highest BCUT2D eigenvalue weighted by molar-refractivity contribution is 5.81. The smallest absolute Gasteiger partial charge is 0.408 e. The molecular formula is C17H23NO4. The van der Waals surface area contributed by atoms with Crippen LogP contribution in [-0.2, 0) is 16.0 Å². The minimum Gasteiger partial charge on any atom is -0.480 e. The van der Waals surface area contributed by atoms with Crippen LogP contribution >= 0.6 is 0 Å². The van der Waals surface area contributed by atoms with E-state index < -0.39 is 23.7 Å². The Morgan fingerprint density at radius 1 is 1.32 bits per heavy atom. The van der Waals surface area contributed by atoms with Crippen LogP contribution in [0.25, 0.3) is 0 Å². The Bertz CT molecular complexity index is 562. The molecule has 5 heteroatoms. The number of aryl methyl sites for hydroxylation is 1. The molecule has 0 fully saturated rings. The summed E-state index contributed by atoms with van der Waals surface area (Å²) in [4.78, 5) is 23.6. The zero-order valence-electron chi connectivity index (χ0n) is 13.3. The second kappa shape index (κ2) is 6.38. The van der Waals surface area contributed by atoms with E-state index in [-0.39, 0.29) is 5.92 Å². The van der Waals surface area contributed by atoms with Crippen molar-refractivity contribution < 1.29 is 19.4 Å². The monoisotopic (exact) mass is 305 g/mol. The number of alkyl carbamates (subject to hydrolysis) is 1. The molecule has 0 radical (unpaired) electrons. The zero-order valence-corrected chi connectivity index (χ0v) is 13.3. The van der Waals surface area contributed by atoms with Crippen molar-refractivity contribution in [1.82, 2.24) is 5.32 Å². The Morgan fingerprint density at radius 2 is 2.00 bits per heavy atom. The average molecular weight is 305 g/mol. The van der Waals surface area contributed by atoms with Crippen LogP contribution in [0.5, 0.6) is 0 Å². The molecule has 2 atom stereocenters. The van der Waals surface area contributed by atoms with Crippen molar-refractivity contribution in [3.63, 3.8) is 0 Å². The van der Waals surface area contributed by atoms with Gasteiger partial charge in [0, 0.05) is 5.92 Å². The highest BCUT2D eigenvalue weighted by Gasteiger charge is 2.34. The molecule has 1 aliphatic rings. The largest absolute Gasteiger partial charge is 0.480 e. The average Bonchev–Trinajstić information content (AvgIpc) is 2.42. The van der Waals surface area contributed by atoms with Gasteiger partial charge in [0.05, 0.1) is 0 Å². The molecule has 0 spiro atoms. The number of hydrogen-bond donors (Lipinski definition) is 2. The third-order valence-electron chi connectivity index (χ3n) is 3.76. The molecule has 0 saturated heterocycles. The lowest BCUT2D eigenvalue weighted by Crippen LogP contribution is -2.47. The quantitative estimate of drug-likeness (QED) is 0.900. The highest BCUT2D eigenvalue weighted by Crippen LogP contribution is 2.34. The molecule has 22 heavy (non-hydrogen) atoms. The number of carboxylic acid groups (broad SMARTS) is 1. The first kappa shape index (κ1) is 16.3. The highest BCUT2D eigenvalue weighted by atomic mass is 16.6. The molecule has 120 valence electrons. The van der Waals surface area contributed by atoms with Gasteiger partial charge in [-0.15, -0.1) is 0 Å². The Balaban J connectivity index is 2.19. The number of hydrogen-bond acceptors (Lipinski definition) is 3. The Morgan fingerprint density at radius 3 is 2.64 bits per heavy atom. The van der Waals surface area contributed by atoms with Crippen molar-refractivity contribution in [3.05, 3.63) is 35.4 Å². The van der Waals surface area contributed by atoms with E-state index in [2.05, 4.69) is 5.32 Å². The standard InChI is InChI=1S/C17H23NO4/c1-17(2,3)22-16(21)18-14(15(19)20)13-10-6-8-11-7-4-5-9-12(11)13/h4-5,7,9,13-14H,6,8,10H2,1-3H3,(H,18,21)(H,19,20)/t13-,14?/m0/s1. The first-order valence-electron chi connectivity index (χ1n) is 7.58. The van der Waals surface area contributed by atoms with E-state index in [1.54, 1.807) is 20.8 Å². The molecule has 5 nitrogen and oxygen atoms in total. The summed E-state index contributed by atoms with van der Waals surface area (Å²) in [6.45, 7) is 5.24. The van der Waals surface area contributed by atoms with Crippen molar-refractivity contribution in [2.45, 2.75) is 57.6 Å². The third kappa shape index (κ3) is 4.00. The normalized spacial score (nSPS) is 19.0. The lowest BCUT2D eigenvalue weighted by atomic mass is 9.79. The summed E-state index contributed by atoms with van der Waals surface area (Å²) in [6, 6.07) is 6.86. The second-order valence-corrected chi connectivity index (χ2v) is 6.66. The fourth-order valence-electron chi connectivity index (χ4n) is 2.91. The summed E-state index contributed by atoms with van der Waals surface area (Å²) in [7, 11) is 0. The molecule has 0 aromatic heterocycles. The number of ether oxygens (including phenoxy) is 1. The lowest BCUT2D eigenvalue weighted by Gasteiger charge is -2.31. The maximum Gasteiger partial charge on any atom is 0.408 e. The number of rotatable bonds is 3. The van der Waals surface area contributed by atoms with Crippen LogP contribution in [0.3, 0.4) is 0 Å². The van der Waals surface area contributed by atoms with Crippen LogP contribution in [0.2, 0.25) is 0 Å². The van der Waals surface area contributed by atoms with Gasteiger partial charge in [-0.3, -0.25) is 0 Å². The van der Waals surface area contributed by atoms with Gasteiger partial charge in [-0.2, -0.15) is 0 Å². The Hall–Kier alpha value is -2.04. The lowest BCUT2D eigenvalue weighted by molar-refractivity contribution is -0.140. The van der Waals surface area contributed by atoms with Crippen LogP contribution in [0.1, 0.15) is 50.7 Å². The van der Waals surface area contributed by atoms with E-state index in [0.29, 0.717) is 0 Å². The fourth-order valence-corrected chi connectivity index (χ4v) is 2.91. The molecule has 0 heterocycles. The number of carboxylic acids is 1. The number of nitrogens with one attached hydrogen (secondary N) is 1. The van der Waals surface area contributed by atoms with Gasteiger partial charge in [0.25, 0.3) is 0 Å². The summed E-state index contributed by atoms with van der Waals surface area (Å²) in [6.07, 6.45) is 1.92. The first-order chi connectivity index (χ1) is 10.3. The molecule has 1 aromatic carbocycles. The first-order valence-corrected chi connectivity index (χ1v) is 7.58. The zero-order chi connectivity index (χ0) is 16.3. The van der Waals surface area contributed by atoms with Gasteiger partial charge in [0.15, 0.2) is 0 Å². The minimum atomic E-state index is -1.03. The van der Waals surface area contributed by atoms with E-state index in [1.165, 1.54) is 0 Å². The van der Waals surface area contributed by atoms with Crippen LogP contribution < -0.4 is 5.32 Å². The maximum absolute atomic E-state index is 11.9. The van der Waals surface area contributed by atoms with Gasteiger partial charge < -0.3 is 15.2 Å². The fraction of sp³-hybridized carbons (Fsp3) is 0.529. The summed E-state index contributed by atoms with van der Waals surface area (Å²) < 4.78 is 5.18. The van der Waals surface area contributed by atoms with Crippen LogP contribution in [0, 0.1) is 0 Å². The molecule has 2 rings (SSSR count). The number of amides is 1. The number of benzene rings is 1. The molecule has 0 bridgehead atoms. The summed E-state index contributed by atoms with van der Waals surface area (Å²) >= 11 is 0. The summed E-state index contributed by atoms with van der Waals surface area (Å²) in [5.41, 5.74) is 1.52. The SMILES string of the molecule is CC(C)(C)OC(=O)NC(C(=O)O)[C@H]1CCCc2ccccc21. The van der Waals surface area contributed by atoms with Gasteiger partial charge in [0.2, 0.25) is 0 Å². The molecule has 1 aromatic rings. The molecule has 2 N–H and O–H groups in total. The molecule has 0 aliphatic heterocycles. The molecule has 0 saturated carbocycles. The van der Waals surface area contributed by atoms with Crippen molar-refractivity contribution in [2.75, 3.05) is 0 Å². The second-order valence-electron chi connectivity index (χ2n) is 6.66. The van der Waals surface area contributed by atoms with Crippen LogP contribution in [-0.4, -0.2) is 28.8 Å². The number of carbonyl (C=O) groups is 2. The predicted molar refractivity (Wildman–Crippen MR) is 82.9 cm³/mol. The minimum absolute atomic E-state index is 0.227. The number of fused-ring (bicyclic) bond motifs is 1. The van der Waals surface area contributed by atoms with Crippen molar-refractivity contribution in [2.24, 2.45) is 0 Å². The molecule has 1 unspecified atom stereocenters. The van der Waals surface area contributed by atoms with Crippen LogP contribution in [0.15, 0.2) is 24.3 Å². The maximum atomic E-state index is 11.9. The van der Waals surface area contributed by atoms with Gasteiger partial charge in [-0.1, -0.05) is 24.3 Å². The van der Waals surface area contributed by atoms with Crippen LogP contribution in [0.4, 0.5) is 4.79 Å². The van der Waals surface area contributed by atoms with Crippen molar-refractivity contribution in [3.8, 4) is 0 Å². The van der Waals surface area contributed by atoms with Gasteiger partial charge >= 0.3 is 12.1 Å². The van der Waals surface area contributed by atoms with E-state index in [1.807, 2.05) is 24.3 Å². The molecule has 1 aliphatic carbocycles. The van der Waals surface area contributed by atoms with Gasteiger partial charge in [0.1, 0.15) is 11.6 Å². The number of aliphatic carboxylic acids is 1. The molecular weight excluding hydrogens is 282 g/mol. The summed E-state index contributed by atoms with van der Waals surface area (Å²) in [5.74, 6) is -1.26. The van der Waals surface area contributed by atoms with Gasteiger partial charge in [-0.05, 0) is 51.2 Å². The molecule has 1 amide bonds. The third-order valence-corrected chi connectivity index (χ3v) is 3.76. The predicted octanol–water partition coefficient (Wildman–Crippen LogP) is 3.08. The van der Waals surface area contributed by atoms with Crippen molar-refractivity contribution in [1.29, 1.82) is 0 Å². The van der Waals surface area contributed by atoms with E-state index >= 15 is 0 Å². The van der Waals surface area contributed by atoms with Crippen molar-refractivity contribution >= 4 is 12.1 Å². The van der Waals surface area contributed by atoms with E-state index in [4.69, 9.17) is 4.74 Å². The summed E-state index contributed by atoms with van der Waals surface area (Å²) in [5, 5.41) is 12.1. The van der Waals surface area contributed by atoms with E-state index in [0.717, 1.165) is 30.4 Å². The Kier molecular flexibility index (Phi) is 4.74. The number of carbonyl (C=O) groups excluding carboxylic acids is 1. The topological polar surface area (TPSA) is 75.6 Å². The van der Waals surface area contributed by atoms with E-state index in [9.17, 15) is 14.7 Å². The Labute approximate surface area is 130 Å². The van der Waals surface area contributed by atoms with Gasteiger partial charge in [-0.25, -0.2) is 9.59 Å².